The first-order chi connectivity index (χ1) is 6.45. The largest absolute Gasteiger partial charge is 0.510 e. The highest BCUT2D eigenvalue weighted by molar-refractivity contribution is 8.41. The Labute approximate surface area is 95.2 Å². The molecule has 0 amide bonds. The van der Waals surface area contributed by atoms with Crippen molar-refractivity contribution < 1.29 is 9.46 Å². The number of rotatable bonds is 3. The van der Waals surface area contributed by atoms with Gasteiger partial charge < -0.3 is 4.89 Å². The van der Waals surface area contributed by atoms with Crippen molar-refractivity contribution in [3.05, 3.63) is 0 Å². The van der Waals surface area contributed by atoms with E-state index in [0.717, 1.165) is 25.2 Å². The van der Waals surface area contributed by atoms with Crippen LogP contribution >= 0.6 is 25.8 Å². The Morgan fingerprint density at radius 2 is 2.14 bits per heavy atom. The van der Waals surface area contributed by atoms with Crippen LogP contribution in [-0.2, 0) is 16.4 Å². The van der Waals surface area contributed by atoms with Crippen molar-refractivity contribution in [1.82, 2.24) is 4.86 Å². The van der Waals surface area contributed by atoms with Gasteiger partial charge in [0.2, 0.25) is 0 Å². The summed E-state index contributed by atoms with van der Waals surface area (Å²) in [5.41, 5.74) is 0. The van der Waals surface area contributed by atoms with Gasteiger partial charge >= 0.3 is 7.15 Å². The van der Waals surface area contributed by atoms with Crippen LogP contribution in [0.1, 0.15) is 32.1 Å². The van der Waals surface area contributed by atoms with Crippen LogP contribution in [0.5, 0.6) is 0 Å². The van der Waals surface area contributed by atoms with Gasteiger partial charge in [-0.15, -0.1) is 0 Å². The van der Waals surface area contributed by atoms with Gasteiger partial charge in [-0.2, -0.15) is 0 Å². The van der Waals surface area contributed by atoms with Crippen molar-refractivity contribution in [3.63, 3.8) is 0 Å². The first-order valence-corrected chi connectivity index (χ1v) is 9.89. The molecule has 0 aromatic carbocycles. The summed E-state index contributed by atoms with van der Waals surface area (Å²) >= 11 is 9.01. The number of nitrogens with one attached hydrogen (secondary N) is 1. The molecule has 0 aromatic heterocycles. The zero-order valence-corrected chi connectivity index (χ0v) is 11.2. The SMILES string of the molecule is O=[P+](S)NP(O)(=S)C12CCC(CC1)C2. The lowest BCUT2D eigenvalue weighted by Gasteiger charge is -2.32. The van der Waals surface area contributed by atoms with Gasteiger partial charge in [0.25, 0.3) is 0 Å². The van der Waals surface area contributed by atoms with Crippen LogP contribution in [0, 0.1) is 5.92 Å². The second kappa shape index (κ2) is 3.80. The smallest absolute Gasteiger partial charge is 0.351 e. The number of hydrogen-bond acceptors (Lipinski definition) is 2. The summed E-state index contributed by atoms with van der Waals surface area (Å²) < 4.78 is 11.0. The minimum atomic E-state index is -2.66. The van der Waals surface area contributed by atoms with Crippen molar-refractivity contribution in [1.29, 1.82) is 0 Å². The highest BCUT2D eigenvalue weighted by Gasteiger charge is 2.55. The fourth-order valence-corrected chi connectivity index (χ4v) is 9.10. The van der Waals surface area contributed by atoms with Crippen molar-refractivity contribution >= 4 is 37.6 Å². The van der Waals surface area contributed by atoms with Gasteiger partial charge in [0, 0.05) is 5.16 Å². The summed E-state index contributed by atoms with van der Waals surface area (Å²) in [4.78, 5) is 12.9. The molecule has 2 N–H and O–H groups in total. The van der Waals surface area contributed by atoms with Gasteiger partial charge in [0.05, 0.1) is 0 Å². The predicted molar refractivity (Wildman–Crippen MR) is 65.5 cm³/mol. The molecule has 2 saturated carbocycles. The zero-order valence-electron chi connectivity index (χ0n) is 7.72. The fraction of sp³-hybridized carbons (Fsp3) is 1.00. The summed E-state index contributed by atoms with van der Waals surface area (Å²) in [5.74, 6) is 0.740. The van der Waals surface area contributed by atoms with E-state index in [4.69, 9.17) is 11.8 Å². The third-order valence-electron chi connectivity index (χ3n) is 3.57. The van der Waals surface area contributed by atoms with Gasteiger partial charge in [0.1, 0.15) is 12.2 Å². The number of fused-ring (bicyclic) bond motifs is 2. The first-order valence-electron chi connectivity index (χ1n) is 4.72. The van der Waals surface area contributed by atoms with E-state index in [1.54, 1.807) is 0 Å². The van der Waals surface area contributed by atoms with Crippen LogP contribution in [0.2, 0.25) is 0 Å². The zero-order chi connectivity index (χ0) is 10.4. The van der Waals surface area contributed by atoms with Gasteiger partial charge in [-0.3, -0.25) is 0 Å². The summed E-state index contributed by atoms with van der Waals surface area (Å²) in [6, 6.07) is 0. The molecule has 3 nitrogen and oxygen atoms in total. The Morgan fingerprint density at radius 1 is 1.57 bits per heavy atom. The Hall–Kier alpha value is 1.02. The Kier molecular flexibility index (Phi) is 3.12. The van der Waals surface area contributed by atoms with Crippen molar-refractivity contribution in [2.75, 3.05) is 0 Å². The molecule has 0 radical (unpaired) electrons. The van der Waals surface area contributed by atoms with Crippen molar-refractivity contribution in [2.24, 2.45) is 5.92 Å². The second-order valence-electron chi connectivity index (χ2n) is 4.32. The molecule has 7 heteroatoms. The molecule has 0 aliphatic heterocycles. The summed E-state index contributed by atoms with van der Waals surface area (Å²) in [7, 11) is -1.83. The summed E-state index contributed by atoms with van der Waals surface area (Å²) in [5, 5.41) is -0.124. The lowest BCUT2D eigenvalue weighted by Crippen LogP contribution is -2.27. The second-order valence-corrected chi connectivity index (χ2v) is 10.4. The summed E-state index contributed by atoms with van der Waals surface area (Å²) in [6.45, 7) is 0. The maximum Gasteiger partial charge on any atom is 0.510 e. The topological polar surface area (TPSA) is 49.3 Å². The molecule has 14 heavy (non-hydrogen) atoms. The predicted octanol–water partition coefficient (Wildman–Crippen LogP) is 2.80. The van der Waals surface area contributed by atoms with E-state index in [9.17, 15) is 9.46 Å². The lowest BCUT2D eigenvalue weighted by atomic mass is 10.0. The molecule has 2 bridgehead atoms. The van der Waals surface area contributed by atoms with Crippen LogP contribution in [0.4, 0.5) is 0 Å². The average Bonchev–Trinajstić information content (AvgIpc) is 2.60. The monoisotopic (exact) mass is 270 g/mol. The van der Waals surface area contributed by atoms with E-state index < -0.39 is 13.6 Å². The number of thiol groups is 1. The molecular formula is C7H14NO2P2S2+. The van der Waals surface area contributed by atoms with Gasteiger partial charge in [-0.05, 0) is 59.3 Å². The molecule has 80 valence electrons. The van der Waals surface area contributed by atoms with Crippen LogP contribution in [0.3, 0.4) is 0 Å². The maximum absolute atomic E-state index is 11.0. The Morgan fingerprint density at radius 3 is 2.50 bits per heavy atom. The van der Waals surface area contributed by atoms with Crippen molar-refractivity contribution in [3.8, 4) is 0 Å². The van der Waals surface area contributed by atoms with E-state index in [0.29, 0.717) is 0 Å². The molecule has 0 spiro atoms. The third kappa shape index (κ3) is 1.83. The molecule has 0 heterocycles. The molecule has 2 fully saturated rings. The Bertz CT molecular complexity index is 315. The van der Waals surface area contributed by atoms with Crippen LogP contribution in [0.25, 0.3) is 0 Å². The van der Waals surface area contributed by atoms with E-state index in [-0.39, 0.29) is 5.16 Å². The standard InChI is InChI=1S/C7H13NO2P2S2/c9-11(13)8-12(10,14)7-3-1-6(5-7)2-4-7/h6H,1-5H2,(H2-,8,9,10,13,14)/p+1. The highest BCUT2D eigenvalue weighted by atomic mass is 32.7. The molecular weight excluding hydrogens is 256 g/mol. The third-order valence-corrected chi connectivity index (χ3v) is 9.95. The van der Waals surface area contributed by atoms with E-state index in [1.807, 2.05) is 0 Å². The minimum absolute atomic E-state index is 0.124. The van der Waals surface area contributed by atoms with Gasteiger partial charge in [-0.1, -0.05) is 0 Å². The van der Waals surface area contributed by atoms with Crippen molar-refractivity contribution in [2.45, 2.75) is 37.3 Å². The quantitative estimate of drug-likeness (QED) is 0.545. The highest BCUT2D eigenvalue weighted by Crippen LogP contribution is 2.68. The van der Waals surface area contributed by atoms with Crippen LogP contribution in [-0.4, -0.2) is 10.0 Å². The fourth-order valence-electron chi connectivity index (χ4n) is 2.81. The molecule has 0 aromatic rings. The summed E-state index contributed by atoms with van der Waals surface area (Å²) in [6.07, 6.45) is 2.69. The minimum Gasteiger partial charge on any atom is -0.351 e. The lowest BCUT2D eigenvalue weighted by molar-refractivity contribution is 0.471. The van der Waals surface area contributed by atoms with Gasteiger partial charge in [0.15, 0.2) is 6.42 Å². The van der Waals surface area contributed by atoms with E-state index in [2.05, 4.69) is 17.1 Å². The first kappa shape index (κ1) is 11.5. The molecule has 0 saturated heterocycles. The van der Waals surface area contributed by atoms with Crippen LogP contribution in [0.15, 0.2) is 0 Å². The number of hydrogen-bond donors (Lipinski definition) is 3. The normalized spacial score (nSPS) is 41.0. The molecule has 2 atom stereocenters. The Balaban J connectivity index is 2.20. The van der Waals surface area contributed by atoms with Gasteiger partial charge in [-0.25, -0.2) is 0 Å². The maximum atomic E-state index is 11.0. The van der Waals surface area contributed by atoms with Crippen LogP contribution < -0.4 is 4.86 Å². The molecule has 2 rings (SSSR count). The average molecular weight is 270 g/mol. The molecule has 2 aliphatic carbocycles. The molecule has 2 aliphatic rings. The van der Waals surface area contributed by atoms with E-state index >= 15 is 0 Å². The molecule has 2 unspecified atom stereocenters. The van der Waals surface area contributed by atoms with E-state index in [1.165, 1.54) is 12.8 Å².